The smallest absolute Gasteiger partial charge is 0.0548 e. The van der Waals surface area contributed by atoms with Gasteiger partial charge in [-0.15, -0.1) is 0 Å². The number of hydrogen-bond donors (Lipinski definition) is 1. The molecule has 4 aromatic carbocycles. The molecule has 1 aliphatic carbocycles. The lowest BCUT2D eigenvalue weighted by Gasteiger charge is -2.11. The first-order valence-electron chi connectivity index (χ1n) is 8.28. The Hall–Kier alpha value is -2.80. The number of aromatic amines is 1. The Labute approximate surface area is 133 Å². The maximum atomic E-state index is 3.76. The highest BCUT2D eigenvalue weighted by molar-refractivity contribution is 6.28. The number of hydrogen-bond acceptors (Lipinski definition) is 0. The predicted molar refractivity (Wildman–Crippen MR) is 98.8 cm³/mol. The van der Waals surface area contributed by atoms with Gasteiger partial charge in [0.05, 0.1) is 5.52 Å². The Balaban J connectivity index is 2.09. The highest BCUT2D eigenvalue weighted by Crippen LogP contribution is 2.38. The highest BCUT2D eigenvalue weighted by atomic mass is 14.7. The van der Waals surface area contributed by atoms with E-state index >= 15 is 0 Å². The summed E-state index contributed by atoms with van der Waals surface area (Å²) in [4.78, 5) is 3.76. The molecule has 23 heavy (non-hydrogen) atoms. The number of nitrogens with one attached hydrogen (secondary N) is 1. The van der Waals surface area contributed by atoms with E-state index in [1.165, 1.54) is 54.1 Å². The Kier molecular flexibility index (Phi) is 2.01. The topological polar surface area (TPSA) is 15.8 Å². The van der Waals surface area contributed by atoms with Crippen molar-refractivity contribution in [2.75, 3.05) is 0 Å². The van der Waals surface area contributed by atoms with Gasteiger partial charge in [-0.25, -0.2) is 0 Å². The largest absolute Gasteiger partial charge is 0.357 e. The minimum absolute atomic E-state index is 1.11. The fourth-order valence-corrected chi connectivity index (χ4v) is 4.46. The third kappa shape index (κ3) is 1.34. The van der Waals surface area contributed by atoms with Gasteiger partial charge in [-0.1, -0.05) is 54.6 Å². The van der Waals surface area contributed by atoms with Gasteiger partial charge in [-0.2, -0.15) is 0 Å². The van der Waals surface area contributed by atoms with Crippen molar-refractivity contribution in [3.63, 3.8) is 0 Å². The first-order chi connectivity index (χ1) is 11.4. The molecule has 0 radical (unpaired) electrons. The number of benzene rings is 4. The van der Waals surface area contributed by atoms with Crippen LogP contribution in [0.1, 0.15) is 12.1 Å². The van der Waals surface area contributed by atoms with Gasteiger partial charge in [-0.05, 0) is 45.7 Å². The molecular weight excluding hydrogens is 278 g/mol. The second-order valence-corrected chi connectivity index (χ2v) is 6.58. The number of aromatic nitrogens is 1. The summed E-state index contributed by atoms with van der Waals surface area (Å²) in [5, 5.41) is 11.1. The van der Waals surface area contributed by atoms with Gasteiger partial charge in [0.15, 0.2) is 0 Å². The number of fused-ring (bicyclic) bond motifs is 5. The molecule has 0 amide bonds. The van der Waals surface area contributed by atoms with Crippen LogP contribution in [0, 0.1) is 0 Å². The number of H-pyrrole nitrogens is 1. The van der Waals surface area contributed by atoms with E-state index in [-0.39, 0.29) is 0 Å². The number of aryl methyl sites for hydroxylation is 1. The van der Waals surface area contributed by atoms with Gasteiger partial charge in [0, 0.05) is 21.9 Å². The zero-order valence-electron chi connectivity index (χ0n) is 12.7. The summed E-state index contributed by atoms with van der Waals surface area (Å²) in [5.74, 6) is 0. The van der Waals surface area contributed by atoms with E-state index in [1.54, 1.807) is 0 Å². The van der Waals surface area contributed by atoms with Crippen molar-refractivity contribution in [2.24, 2.45) is 0 Å². The maximum absolute atomic E-state index is 3.76. The first kappa shape index (κ1) is 11.7. The van der Waals surface area contributed by atoms with Gasteiger partial charge in [0.1, 0.15) is 0 Å². The minimum atomic E-state index is 1.11. The second-order valence-electron chi connectivity index (χ2n) is 6.58. The van der Waals surface area contributed by atoms with Gasteiger partial charge >= 0.3 is 0 Å². The zero-order chi connectivity index (χ0) is 15.0. The number of rotatable bonds is 0. The average Bonchev–Trinajstić information content (AvgIpc) is 3.01. The monoisotopic (exact) mass is 293 g/mol. The maximum Gasteiger partial charge on any atom is 0.0548 e. The van der Waals surface area contributed by atoms with E-state index < -0.39 is 0 Å². The molecule has 0 bridgehead atoms. The Bertz CT molecular complexity index is 1300. The van der Waals surface area contributed by atoms with Crippen LogP contribution in [0.2, 0.25) is 0 Å². The summed E-state index contributed by atoms with van der Waals surface area (Å²) in [6, 6.07) is 19.9. The van der Waals surface area contributed by atoms with Crippen molar-refractivity contribution >= 4 is 49.3 Å². The van der Waals surface area contributed by atoms with Crippen molar-refractivity contribution < 1.29 is 0 Å². The fraction of sp³-hybridized carbons (Fsp3) is 0.0909. The van der Waals surface area contributed by atoms with Gasteiger partial charge in [0.2, 0.25) is 0 Å². The minimum Gasteiger partial charge on any atom is -0.357 e. The molecule has 0 spiro atoms. The van der Waals surface area contributed by atoms with E-state index in [0.717, 1.165) is 12.8 Å². The molecule has 0 aliphatic heterocycles. The molecule has 0 fully saturated rings. The third-order valence-electron chi connectivity index (χ3n) is 5.40. The molecule has 6 rings (SSSR count). The molecule has 1 aliphatic rings. The molecule has 5 aromatic rings. The van der Waals surface area contributed by atoms with Crippen LogP contribution in [0.5, 0.6) is 0 Å². The van der Waals surface area contributed by atoms with Crippen LogP contribution in [0.3, 0.4) is 0 Å². The van der Waals surface area contributed by atoms with E-state index in [9.17, 15) is 0 Å². The van der Waals surface area contributed by atoms with Crippen LogP contribution < -0.4 is 5.22 Å². The Morgan fingerprint density at radius 1 is 0.739 bits per heavy atom. The molecule has 1 heterocycles. The van der Waals surface area contributed by atoms with Gasteiger partial charge in [-0.3, -0.25) is 0 Å². The van der Waals surface area contributed by atoms with Crippen molar-refractivity contribution in [1.29, 1.82) is 0 Å². The molecular formula is C22H15N. The molecule has 0 atom stereocenters. The summed E-state index contributed by atoms with van der Waals surface area (Å²) >= 11 is 0. The summed E-state index contributed by atoms with van der Waals surface area (Å²) in [6.45, 7) is 0. The van der Waals surface area contributed by atoms with E-state index in [4.69, 9.17) is 0 Å². The van der Waals surface area contributed by atoms with E-state index in [0.29, 0.717) is 0 Å². The average molecular weight is 293 g/mol. The normalized spacial score (nSPS) is 14.1. The predicted octanol–water partition coefficient (Wildman–Crippen LogP) is 5.07. The molecule has 0 unspecified atom stereocenters. The summed E-state index contributed by atoms with van der Waals surface area (Å²) in [7, 11) is 0. The van der Waals surface area contributed by atoms with Crippen LogP contribution in [-0.2, 0) is 6.42 Å². The molecule has 0 saturated carbocycles. The van der Waals surface area contributed by atoms with Crippen LogP contribution in [0.4, 0.5) is 0 Å². The van der Waals surface area contributed by atoms with Crippen molar-refractivity contribution in [2.45, 2.75) is 12.8 Å². The van der Waals surface area contributed by atoms with Gasteiger partial charge < -0.3 is 4.98 Å². The van der Waals surface area contributed by atoms with Crippen LogP contribution in [0.25, 0.3) is 49.3 Å². The summed E-state index contributed by atoms with van der Waals surface area (Å²) in [5.41, 5.74) is 2.72. The second kappa shape index (κ2) is 3.94. The SMILES string of the molecule is C1=c2c3ccccc3c3cc4ccccc4c4[nH]c(c2c34)CC1. The van der Waals surface area contributed by atoms with Crippen LogP contribution >= 0.6 is 0 Å². The zero-order valence-corrected chi connectivity index (χ0v) is 12.7. The van der Waals surface area contributed by atoms with Crippen molar-refractivity contribution in [3.8, 4) is 0 Å². The lowest BCUT2D eigenvalue weighted by Crippen LogP contribution is -2.10. The molecule has 1 aromatic heterocycles. The highest BCUT2D eigenvalue weighted by Gasteiger charge is 2.19. The van der Waals surface area contributed by atoms with Crippen molar-refractivity contribution in [1.82, 2.24) is 4.98 Å². The Morgan fingerprint density at radius 3 is 2.43 bits per heavy atom. The Morgan fingerprint density at radius 2 is 1.52 bits per heavy atom. The van der Waals surface area contributed by atoms with Crippen LogP contribution in [-0.4, -0.2) is 4.98 Å². The molecule has 1 N–H and O–H groups in total. The quantitative estimate of drug-likeness (QED) is 0.303. The van der Waals surface area contributed by atoms with E-state index in [1.807, 2.05) is 0 Å². The van der Waals surface area contributed by atoms with Crippen LogP contribution in [0.15, 0.2) is 54.6 Å². The fourth-order valence-electron chi connectivity index (χ4n) is 4.46. The van der Waals surface area contributed by atoms with Crippen molar-refractivity contribution in [3.05, 3.63) is 65.5 Å². The molecule has 0 saturated heterocycles. The summed E-state index contributed by atoms with van der Waals surface area (Å²) < 4.78 is 0. The molecule has 1 heteroatoms. The lowest BCUT2D eigenvalue weighted by atomic mass is 9.91. The first-order valence-corrected chi connectivity index (χ1v) is 8.28. The lowest BCUT2D eigenvalue weighted by molar-refractivity contribution is 0.994. The van der Waals surface area contributed by atoms with Gasteiger partial charge in [0.25, 0.3) is 0 Å². The molecule has 108 valence electrons. The third-order valence-corrected chi connectivity index (χ3v) is 5.40. The molecule has 1 nitrogen and oxygen atoms in total. The van der Waals surface area contributed by atoms with E-state index in [2.05, 4.69) is 65.7 Å². The summed E-state index contributed by atoms with van der Waals surface area (Å²) in [6.07, 6.45) is 4.66. The standard InChI is InChI=1S/C22H15N/c1-2-7-14-13(6-1)12-18-16-9-4-3-8-15(16)17-10-5-11-19-20(17)21(18)22(14)23-19/h1-4,6-10,12,23H,5,11H2.